The molecule has 4 heterocycles. The minimum atomic E-state index is -4.58. The third-order valence-corrected chi connectivity index (χ3v) is 20.8. The molecule has 6 amide bonds. The molecule has 0 aromatic heterocycles. The van der Waals surface area contributed by atoms with Gasteiger partial charge in [0.2, 0.25) is 35.4 Å². The van der Waals surface area contributed by atoms with Gasteiger partial charge in [0, 0.05) is 26.2 Å². The maximum absolute atomic E-state index is 15.4. The number of benzene rings is 5. The van der Waals surface area contributed by atoms with Crippen LogP contribution in [0.1, 0.15) is 73.9 Å². The van der Waals surface area contributed by atoms with Gasteiger partial charge in [0.15, 0.2) is 19.7 Å². The Morgan fingerprint density at radius 1 is 0.476 bits per heavy atom. The molecular weight excluding hydrogens is 1080 g/mol. The Bertz CT molecular complexity index is 3030. The molecule has 4 fully saturated rings. The highest BCUT2D eigenvalue weighted by Crippen LogP contribution is 2.38. The standard InChI is InChI=1S/C60H72N10O10S2/c1-37(61-3)55(71)65-45-33-63-35-51(47-28-30-49(69(47)59(45)75)57(73)67-53(39-18-9-5-10-19-39)40-20-11-6-12-21-40)81(77,78)43-26-17-27-44(32-43)82(79,80)52-36-64-34-46(66-56(72)38(2)62-4)60(76)70-48(52)29-31-50(70)58(74)68-54(41-22-13-7-14-23-41)42-24-15-8-16-25-42/h5-27,32,37-38,45-54,61-64H,28-31,33-36H2,1-4H3,(H,65,71)(H,66,72)(H,67,73)(H,68,74)/t37-,38-,45?,46?,47?,48?,49?,50?,51?,52?/m0/s1. The van der Waals surface area contributed by atoms with E-state index in [1.807, 2.05) is 121 Å². The summed E-state index contributed by atoms with van der Waals surface area (Å²) in [4.78, 5) is 88.0. The fourth-order valence-electron chi connectivity index (χ4n) is 11.8. The van der Waals surface area contributed by atoms with Crippen LogP contribution in [0.4, 0.5) is 0 Å². The normalized spacial score (nSPS) is 24.0. The minimum absolute atomic E-state index is 0.0725. The highest BCUT2D eigenvalue weighted by molar-refractivity contribution is 7.93. The smallest absolute Gasteiger partial charge is 0.247 e. The van der Waals surface area contributed by atoms with Crippen molar-refractivity contribution in [3.8, 4) is 0 Å². The molecule has 4 saturated heterocycles. The zero-order valence-electron chi connectivity index (χ0n) is 46.2. The van der Waals surface area contributed by atoms with Crippen LogP contribution in [0.3, 0.4) is 0 Å². The summed E-state index contributed by atoms with van der Waals surface area (Å²) in [5.41, 5.74) is 3.10. The number of nitrogens with one attached hydrogen (secondary N) is 8. The Labute approximate surface area is 479 Å². The van der Waals surface area contributed by atoms with Gasteiger partial charge in [-0.2, -0.15) is 0 Å². The van der Waals surface area contributed by atoms with E-state index in [2.05, 4.69) is 42.5 Å². The Balaban J connectivity index is 1.03. The summed E-state index contributed by atoms with van der Waals surface area (Å²) in [5, 5.41) is 21.0. The number of nitrogens with zero attached hydrogens (tertiary/aromatic N) is 2. The van der Waals surface area contributed by atoms with Gasteiger partial charge in [-0.1, -0.05) is 127 Å². The van der Waals surface area contributed by atoms with E-state index in [4.69, 9.17) is 0 Å². The second-order valence-electron chi connectivity index (χ2n) is 21.4. The van der Waals surface area contributed by atoms with Crippen molar-refractivity contribution in [3.05, 3.63) is 168 Å². The van der Waals surface area contributed by atoms with Crippen molar-refractivity contribution in [2.75, 3.05) is 40.3 Å². The molecule has 8 unspecified atom stereocenters. The fraction of sp³-hybridized carbons (Fsp3) is 0.400. The number of carbonyl (C=O) groups is 6. The Hall–Kier alpha value is -7.34. The predicted octanol–water partition coefficient (Wildman–Crippen LogP) is 1.89. The Morgan fingerprint density at radius 3 is 1.12 bits per heavy atom. The fourth-order valence-corrected chi connectivity index (χ4v) is 15.7. The number of carbonyl (C=O) groups excluding carboxylic acids is 6. The zero-order chi connectivity index (χ0) is 58.3. The van der Waals surface area contributed by atoms with Crippen molar-refractivity contribution >= 4 is 55.1 Å². The average Bonchev–Trinajstić information content (AvgIpc) is 4.32. The highest BCUT2D eigenvalue weighted by atomic mass is 32.2. The van der Waals surface area contributed by atoms with Gasteiger partial charge in [0.25, 0.3) is 0 Å². The number of likely N-dealkylation sites (N-methyl/N-ethyl adjacent to an activating group) is 2. The third kappa shape index (κ3) is 12.5. The van der Waals surface area contributed by atoms with Crippen LogP contribution in [-0.4, -0.2) is 161 Å². The summed E-state index contributed by atoms with van der Waals surface area (Å²) in [6, 6.07) is 32.7. The summed E-state index contributed by atoms with van der Waals surface area (Å²) >= 11 is 0. The molecule has 9 rings (SSSR count). The molecule has 5 aromatic carbocycles. The minimum Gasteiger partial charge on any atom is -0.343 e. The van der Waals surface area contributed by atoms with Gasteiger partial charge >= 0.3 is 0 Å². The number of hydrogen-bond acceptors (Lipinski definition) is 14. The van der Waals surface area contributed by atoms with Crippen LogP contribution in [0.5, 0.6) is 0 Å². The molecule has 4 aliphatic rings. The second-order valence-corrected chi connectivity index (χ2v) is 25.8. The van der Waals surface area contributed by atoms with E-state index in [-0.39, 0.29) is 61.7 Å². The lowest BCUT2D eigenvalue weighted by atomic mass is 9.98. The second kappa shape index (κ2) is 25.8. The van der Waals surface area contributed by atoms with E-state index >= 15 is 16.8 Å². The molecule has 0 aliphatic carbocycles. The van der Waals surface area contributed by atoms with Gasteiger partial charge < -0.3 is 52.3 Å². The first-order valence-corrected chi connectivity index (χ1v) is 30.9. The quantitative estimate of drug-likeness (QED) is 0.0623. The van der Waals surface area contributed by atoms with Crippen LogP contribution < -0.4 is 42.5 Å². The van der Waals surface area contributed by atoms with E-state index in [0.29, 0.717) is 0 Å². The number of sulfone groups is 2. The van der Waals surface area contributed by atoms with Gasteiger partial charge in [-0.15, -0.1) is 0 Å². The van der Waals surface area contributed by atoms with E-state index in [1.54, 1.807) is 27.9 Å². The summed E-state index contributed by atoms with van der Waals surface area (Å²) in [6.07, 6.45) is 0.302. The van der Waals surface area contributed by atoms with Crippen LogP contribution in [0.25, 0.3) is 0 Å². The maximum atomic E-state index is 15.4. The molecule has 0 spiro atoms. The number of rotatable bonds is 18. The van der Waals surface area contributed by atoms with Gasteiger partial charge in [-0.3, -0.25) is 28.8 Å². The summed E-state index contributed by atoms with van der Waals surface area (Å²) in [7, 11) is -5.97. The van der Waals surface area contributed by atoms with Crippen molar-refractivity contribution in [1.29, 1.82) is 0 Å². The lowest BCUT2D eigenvalue weighted by Gasteiger charge is -2.40. The first-order valence-electron chi connectivity index (χ1n) is 27.8. The van der Waals surface area contributed by atoms with Crippen molar-refractivity contribution in [3.63, 3.8) is 0 Å². The van der Waals surface area contributed by atoms with E-state index in [9.17, 15) is 28.8 Å². The molecule has 22 heteroatoms. The van der Waals surface area contributed by atoms with Gasteiger partial charge in [0.1, 0.15) is 24.2 Å². The van der Waals surface area contributed by atoms with Gasteiger partial charge in [0.05, 0.1) is 56.5 Å². The Kier molecular flexibility index (Phi) is 18.7. The maximum Gasteiger partial charge on any atom is 0.247 e. The number of hydrogen-bond donors (Lipinski definition) is 8. The van der Waals surface area contributed by atoms with E-state index in [0.717, 1.165) is 28.3 Å². The topological polar surface area (TPSA) is 273 Å². The van der Waals surface area contributed by atoms with Crippen LogP contribution in [-0.2, 0) is 48.4 Å². The number of amides is 6. The van der Waals surface area contributed by atoms with E-state index < -0.39 is 126 Å². The predicted molar refractivity (Wildman–Crippen MR) is 308 cm³/mol. The number of fused-ring (bicyclic) bond motifs is 2. The van der Waals surface area contributed by atoms with Crippen molar-refractivity contribution < 1.29 is 45.6 Å². The summed E-state index contributed by atoms with van der Waals surface area (Å²) < 4.78 is 61.6. The first kappa shape index (κ1) is 59.3. The van der Waals surface area contributed by atoms with Crippen LogP contribution in [0.15, 0.2) is 155 Å². The van der Waals surface area contributed by atoms with Crippen molar-refractivity contribution in [2.45, 2.75) is 120 Å². The molecule has 0 radical (unpaired) electrons. The first-order chi connectivity index (χ1) is 39.4. The average molecular weight is 1160 g/mol. The molecule has 8 N–H and O–H groups in total. The summed E-state index contributed by atoms with van der Waals surface area (Å²) in [5.74, 6) is -3.34. The van der Waals surface area contributed by atoms with Crippen molar-refractivity contribution in [1.82, 2.24) is 52.3 Å². The molecule has 5 aromatic rings. The third-order valence-electron chi connectivity index (χ3n) is 16.5. The monoisotopic (exact) mass is 1160 g/mol. The molecule has 434 valence electrons. The molecule has 82 heavy (non-hydrogen) atoms. The molecule has 20 nitrogen and oxygen atoms in total. The highest BCUT2D eigenvalue weighted by Gasteiger charge is 2.53. The molecular formula is C60H72N10O10S2. The van der Waals surface area contributed by atoms with Gasteiger partial charge in [-0.05, 0) is 94.1 Å². The SMILES string of the molecule is CN[C@@H](C)C(=O)NC1CNCC(S(=O)(=O)c2cccc(S(=O)(=O)C3CNCC(NC(=O)[C@H](C)NC)C(=O)N4C(C(=O)NC(c5ccccc5)c5ccccc5)CCC34)c2)C2CCC(C(=O)NC(c3ccccc3)c3ccccc3)N2C1=O. The summed E-state index contributed by atoms with van der Waals surface area (Å²) in [6.45, 7) is 2.42. The Morgan fingerprint density at radius 2 is 0.805 bits per heavy atom. The molecule has 0 saturated carbocycles. The lowest BCUT2D eigenvalue weighted by molar-refractivity contribution is -0.144. The van der Waals surface area contributed by atoms with Crippen LogP contribution >= 0.6 is 0 Å². The lowest BCUT2D eigenvalue weighted by Crippen LogP contribution is -2.65. The molecule has 4 aliphatic heterocycles. The van der Waals surface area contributed by atoms with Crippen LogP contribution in [0.2, 0.25) is 0 Å². The van der Waals surface area contributed by atoms with Crippen LogP contribution in [0, 0.1) is 0 Å². The largest absolute Gasteiger partial charge is 0.343 e. The molecule has 10 atom stereocenters. The van der Waals surface area contributed by atoms with Gasteiger partial charge in [-0.25, -0.2) is 16.8 Å². The molecule has 0 bridgehead atoms. The zero-order valence-corrected chi connectivity index (χ0v) is 47.9. The van der Waals surface area contributed by atoms with E-state index in [1.165, 1.54) is 28.0 Å². The van der Waals surface area contributed by atoms with Crippen molar-refractivity contribution in [2.24, 2.45) is 0 Å².